The first-order valence-electron chi connectivity index (χ1n) is 10.0. The highest BCUT2D eigenvalue weighted by atomic mass is 79.9. The lowest BCUT2D eigenvalue weighted by Crippen LogP contribution is -2.20. The van der Waals surface area contributed by atoms with E-state index in [1.165, 1.54) is 0 Å². The molecule has 5 rings (SSSR count). The molecule has 1 unspecified atom stereocenters. The van der Waals surface area contributed by atoms with Gasteiger partial charge in [0, 0.05) is 27.4 Å². The minimum absolute atomic E-state index is 0.00198. The van der Waals surface area contributed by atoms with Crippen LogP contribution >= 0.6 is 15.9 Å². The summed E-state index contributed by atoms with van der Waals surface area (Å²) in [6.07, 6.45) is 0.620. The zero-order valence-electron chi connectivity index (χ0n) is 16.9. The Labute approximate surface area is 187 Å². The third-order valence-electron chi connectivity index (χ3n) is 5.60. The van der Waals surface area contributed by atoms with E-state index in [1.807, 2.05) is 72.8 Å². The number of methoxy groups -OCH3 is 1. The number of fused-ring (bicyclic) bond motifs is 1. The summed E-state index contributed by atoms with van der Waals surface area (Å²) in [5, 5.41) is 5.56. The molecule has 4 aromatic rings. The third kappa shape index (κ3) is 3.64. The van der Waals surface area contributed by atoms with Gasteiger partial charge in [0.15, 0.2) is 0 Å². The predicted octanol–water partition coefficient (Wildman–Crippen LogP) is 5.40. The van der Waals surface area contributed by atoms with Crippen molar-refractivity contribution in [1.29, 1.82) is 0 Å². The lowest BCUT2D eigenvalue weighted by Gasteiger charge is -2.14. The average molecular weight is 474 g/mol. The van der Waals surface area contributed by atoms with E-state index in [4.69, 9.17) is 4.74 Å². The van der Waals surface area contributed by atoms with Crippen LogP contribution in [-0.2, 0) is 0 Å². The number of aromatic nitrogens is 1. The highest BCUT2D eigenvalue weighted by molar-refractivity contribution is 9.10. The fourth-order valence-electron chi connectivity index (χ4n) is 4.07. The van der Waals surface area contributed by atoms with E-state index in [2.05, 4.69) is 31.4 Å². The van der Waals surface area contributed by atoms with Gasteiger partial charge in [-0.05, 0) is 41.5 Å². The Kier molecular flexibility index (Phi) is 5.08. The van der Waals surface area contributed by atoms with Crippen molar-refractivity contribution >= 4 is 32.5 Å². The molecule has 5 nitrogen and oxygen atoms in total. The van der Waals surface area contributed by atoms with E-state index in [0.29, 0.717) is 12.0 Å². The van der Waals surface area contributed by atoms with E-state index >= 15 is 0 Å². The van der Waals surface area contributed by atoms with Crippen LogP contribution in [0.5, 0.6) is 5.75 Å². The number of H-pyrrole nitrogens is 1. The highest BCUT2D eigenvalue weighted by Crippen LogP contribution is 2.34. The summed E-state index contributed by atoms with van der Waals surface area (Å²) >= 11 is 3.57. The number of hydrogen-bond acceptors (Lipinski definition) is 4. The second kappa shape index (κ2) is 8.04. The molecule has 1 atom stereocenters. The normalized spacial score (nSPS) is 15.5. The topological polar surface area (TPSA) is 66.5 Å². The molecule has 2 N–H and O–H groups in total. The van der Waals surface area contributed by atoms with Gasteiger partial charge in [0.1, 0.15) is 5.75 Å². The van der Waals surface area contributed by atoms with Crippen molar-refractivity contribution in [1.82, 2.24) is 10.4 Å². The van der Waals surface area contributed by atoms with Gasteiger partial charge in [0.2, 0.25) is 0 Å². The Hall–Kier alpha value is -3.38. The van der Waals surface area contributed by atoms with E-state index in [1.54, 1.807) is 7.11 Å². The van der Waals surface area contributed by atoms with Crippen LogP contribution in [0.4, 0.5) is 0 Å². The first kappa shape index (κ1) is 19.6. The highest BCUT2D eigenvalue weighted by Gasteiger charge is 2.27. The molecule has 31 heavy (non-hydrogen) atoms. The van der Waals surface area contributed by atoms with E-state index < -0.39 is 0 Å². The van der Waals surface area contributed by atoms with E-state index in [9.17, 15) is 4.79 Å². The Morgan fingerprint density at radius 3 is 2.52 bits per heavy atom. The van der Waals surface area contributed by atoms with Gasteiger partial charge in [-0.3, -0.25) is 4.79 Å². The summed E-state index contributed by atoms with van der Waals surface area (Å²) in [6, 6.07) is 23.8. The minimum Gasteiger partial charge on any atom is -0.497 e. The smallest absolute Gasteiger partial charge is 0.258 e. The lowest BCUT2D eigenvalue weighted by molar-refractivity contribution is 0.414. The molecular weight excluding hydrogens is 454 g/mol. The van der Waals surface area contributed by atoms with Gasteiger partial charge in [0.25, 0.3) is 5.56 Å². The fourth-order valence-corrected chi connectivity index (χ4v) is 4.43. The third-order valence-corrected chi connectivity index (χ3v) is 6.09. The lowest BCUT2D eigenvalue weighted by atomic mass is 9.91. The largest absolute Gasteiger partial charge is 0.497 e. The number of rotatable bonds is 4. The van der Waals surface area contributed by atoms with Crippen LogP contribution in [0.1, 0.15) is 23.6 Å². The summed E-state index contributed by atoms with van der Waals surface area (Å²) in [4.78, 5) is 16.3. The van der Waals surface area contributed by atoms with Crippen molar-refractivity contribution in [2.75, 3.05) is 7.11 Å². The number of halogens is 1. The van der Waals surface area contributed by atoms with Crippen LogP contribution in [0.2, 0.25) is 0 Å². The summed E-state index contributed by atoms with van der Waals surface area (Å²) in [6.45, 7) is 0. The first-order chi connectivity index (χ1) is 15.1. The van der Waals surface area contributed by atoms with Gasteiger partial charge in [0.05, 0.1) is 24.4 Å². The summed E-state index contributed by atoms with van der Waals surface area (Å²) in [7, 11) is 1.65. The standard InChI is InChI=1S/C25H20BrN3O2/c1-31-18-10-7-15(8-11-18)21-14-22(29-28-21)24-23(16-5-3-2-4-6-16)19-13-17(26)9-12-20(19)27-25(24)30/h2-13,21,28H,14H2,1H3,(H,27,30). The van der Waals surface area contributed by atoms with Crippen molar-refractivity contribution in [3.8, 4) is 16.9 Å². The number of hydrogen-bond donors (Lipinski definition) is 2. The molecule has 0 saturated heterocycles. The molecule has 1 aromatic heterocycles. The van der Waals surface area contributed by atoms with Gasteiger partial charge in [-0.25, -0.2) is 0 Å². The molecule has 0 fully saturated rings. The van der Waals surface area contributed by atoms with Gasteiger partial charge in [-0.2, -0.15) is 5.10 Å². The SMILES string of the molecule is COc1ccc(C2CC(c3c(-c4ccccc4)c4cc(Br)ccc4[nH]c3=O)=NN2)cc1. The van der Waals surface area contributed by atoms with E-state index in [-0.39, 0.29) is 11.6 Å². The van der Waals surface area contributed by atoms with Crippen LogP contribution in [0.3, 0.4) is 0 Å². The maximum atomic E-state index is 13.2. The zero-order chi connectivity index (χ0) is 21.4. The molecule has 1 aliphatic rings. The number of aromatic amines is 1. The van der Waals surface area contributed by atoms with Crippen molar-refractivity contribution in [3.05, 3.63) is 98.7 Å². The van der Waals surface area contributed by atoms with Crippen LogP contribution in [0, 0.1) is 0 Å². The molecule has 3 aromatic carbocycles. The average Bonchev–Trinajstić information content (AvgIpc) is 3.29. The number of nitrogens with zero attached hydrogens (tertiary/aromatic N) is 1. The Balaban J connectivity index is 1.63. The first-order valence-corrected chi connectivity index (χ1v) is 10.8. The molecule has 0 saturated carbocycles. The number of ether oxygens (including phenoxy) is 1. The summed E-state index contributed by atoms with van der Waals surface area (Å²) in [5.41, 5.74) is 8.22. The molecule has 1 aliphatic heterocycles. The Morgan fingerprint density at radius 1 is 1.00 bits per heavy atom. The van der Waals surface area contributed by atoms with Gasteiger partial charge < -0.3 is 15.1 Å². The quantitative estimate of drug-likeness (QED) is 0.416. The summed E-state index contributed by atoms with van der Waals surface area (Å²) < 4.78 is 6.21. The number of nitrogens with one attached hydrogen (secondary N) is 2. The molecular formula is C25H20BrN3O2. The summed E-state index contributed by atoms with van der Waals surface area (Å²) in [5.74, 6) is 0.811. The molecule has 0 radical (unpaired) electrons. The van der Waals surface area contributed by atoms with Gasteiger partial charge in [-0.1, -0.05) is 58.4 Å². The Bertz CT molecular complexity index is 1350. The van der Waals surface area contributed by atoms with Crippen molar-refractivity contribution in [2.24, 2.45) is 5.10 Å². The van der Waals surface area contributed by atoms with Gasteiger partial charge >= 0.3 is 0 Å². The van der Waals surface area contributed by atoms with Crippen LogP contribution < -0.4 is 15.7 Å². The van der Waals surface area contributed by atoms with Gasteiger partial charge in [-0.15, -0.1) is 0 Å². The minimum atomic E-state index is -0.135. The monoisotopic (exact) mass is 473 g/mol. The molecule has 0 spiro atoms. The molecule has 0 bridgehead atoms. The molecule has 154 valence electrons. The molecule has 2 heterocycles. The zero-order valence-corrected chi connectivity index (χ0v) is 18.4. The van der Waals surface area contributed by atoms with Crippen LogP contribution in [-0.4, -0.2) is 17.8 Å². The van der Waals surface area contributed by atoms with Crippen LogP contribution in [0.25, 0.3) is 22.0 Å². The number of pyridine rings is 1. The molecule has 0 aliphatic carbocycles. The van der Waals surface area contributed by atoms with Crippen LogP contribution in [0.15, 0.2) is 87.2 Å². The molecule has 6 heteroatoms. The second-order valence-electron chi connectivity index (χ2n) is 7.48. The van der Waals surface area contributed by atoms with Crippen molar-refractivity contribution < 1.29 is 4.74 Å². The molecule has 0 amide bonds. The maximum Gasteiger partial charge on any atom is 0.258 e. The van der Waals surface area contributed by atoms with Crippen molar-refractivity contribution in [3.63, 3.8) is 0 Å². The van der Waals surface area contributed by atoms with E-state index in [0.717, 1.165) is 43.5 Å². The second-order valence-corrected chi connectivity index (χ2v) is 8.39. The predicted molar refractivity (Wildman–Crippen MR) is 128 cm³/mol. The van der Waals surface area contributed by atoms with Crippen molar-refractivity contribution in [2.45, 2.75) is 12.5 Å². The fraction of sp³-hybridized carbons (Fsp3) is 0.120. The maximum absolute atomic E-state index is 13.2. The number of hydrazone groups is 1. The number of benzene rings is 3. The Morgan fingerprint density at radius 2 is 1.77 bits per heavy atom.